The lowest BCUT2D eigenvalue weighted by Crippen LogP contribution is -2.32. The fraction of sp³-hybridized carbons (Fsp3) is 0.389. The van der Waals surface area contributed by atoms with Crippen LogP contribution in [0, 0.1) is 5.92 Å². The second kappa shape index (κ2) is 5.61. The quantitative estimate of drug-likeness (QED) is 0.812. The van der Waals surface area contributed by atoms with E-state index in [-0.39, 0.29) is 17.9 Å². The van der Waals surface area contributed by atoms with Crippen molar-refractivity contribution in [3.05, 3.63) is 54.4 Å². The van der Waals surface area contributed by atoms with Crippen molar-refractivity contribution < 1.29 is 13.6 Å². The summed E-state index contributed by atoms with van der Waals surface area (Å²) in [6.07, 6.45) is 10.8. The molecule has 0 amide bonds. The summed E-state index contributed by atoms with van der Waals surface area (Å²) in [7, 11) is 0. The largest absolute Gasteiger partial charge is 0.469 e. The normalized spacial score (nSPS) is 31.8. The van der Waals surface area contributed by atoms with Crippen LogP contribution in [-0.2, 0) is 4.79 Å². The molecular weight excluding hydrogens is 278 g/mol. The Labute approximate surface area is 129 Å². The van der Waals surface area contributed by atoms with Crippen LogP contribution in [0.2, 0.25) is 0 Å². The van der Waals surface area contributed by atoms with Crippen LogP contribution in [0.4, 0.5) is 0 Å². The Hall–Kier alpha value is -2.07. The van der Waals surface area contributed by atoms with Gasteiger partial charge in [0.1, 0.15) is 17.8 Å². The van der Waals surface area contributed by atoms with Gasteiger partial charge in [0.15, 0.2) is 0 Å². The van der Waals surface area contributed by atoms with Gasteiger partial charge in [0.05, 0.1) is 12.5 Å². The van der Waals surface area contributed by atoms with Crippen LogP contribution in [0.3, 0.4) is 0 Å². The number of hydrogen-bond acceptors (Lipinski definition) is 4. The van der Waals surface area contributed by atoms with Crippen molar-refractivity contribution in [2.45, 2.75) is 30.8 Å². The Morgan fingerprint density at radius 2 is 2.05 bits per heavy atom. The summed E-state index contributed by atoms with van der Waals surface area (Å²) >= 11 is 0. The molecule has 2 fully saturated rings. The van der Waals surface area contributed by atoms with E-state index in [2.05, 4.69) is 11.0 Å². The molecule has 4 heteroatoms. The topological polar surface area (TPSA) is 46.6 Å². The third-order valence-electron chi connectivity index (χ3n) is 4.98. The van der Waals surface area contributed by atoms with Crippen LogP contribution in [0.25, 0.3) is 6.08 Å². The molecular formula is C18H19NO3. The molecule has 2 saturated heterocycles. The molecule has 2 aliphatic heterocycles. The Balaban J connectivity index is 1.66. The average molecular weight is 297 g/mol. The standard InChI is InChI=1S/C18H19NO3/c20-12-14-15(8-7-13-4-2-10-21-13)19-9-1-5-16(19)18(14)17-6-3-11-22-17/h2-4,6-8,10-12,14-16,18H,1,5,9H2/b8-7+/t14-,15-,16-,18+/m1/s1. The fourth-order valence-corrected chi connectivity index (χ4v) is 4.10. The molecule has 0 aromatic carbocycles. The summed E-state index contributed by atoms with van der Waals surface area (Å²) in [6.45, 7) is 1.04. The van der Waals surface area contributed by atoms with Crippen molar-refractivity contribution in [2.24, 2.45) is 5.92 Å². The molecule has 2 aliphatic rings. The second-order valence-electron chi connectivity index (χ2n) is 6.07. The Morgan fingerprint density at radius 3 is 2.77 bits per heavy atom. The van der Waals surface area contributed by atoms with Gasteiger partial charge >= 0.3 is 0 Å². The molecule has 22 heavy (non-hydrogen) atoms. The fourth-order valence-electron chi connectivity index (χ4n) is 4.10. The molecule has 0 unspecified atom stereocenters. The average Bonchev–Trinajstić information content (AvgIpc) is 3.28. The molecule has 4 nitrogen and oxygen atoms in total. The SMILES string of the molecule is O=C[C@H]1[C@H](c2ccco2)[C@H]2CCCN2[C@@H]1/C=C/c1ccco1. The maximum absolute atomic E-state index is 11.8. The van der Waals surface area contributed by atoms with E-state index in [0.29, 0.717) is 6.04 Å². The first kappa shape index (κ1) is 13.6. The van der Waals surface area contributed by atoms with Gasteiger partial charge in [0, 0.05) is 23.9 Å². The highest BCUT2D eigenvalue weighted by Crippen LogP contribution is 2.46. The monoisotopic (exact) mass is 297 g/mol. The van der Waals surface area contributed by atoms with Gasteiger partial charge in [-0.3, -0.25) is 4.90 Å². The molecule has 114 valence electrons. The van der Waals surface area contributed by atoms with Gasteiger partial charge in [-0.25, -0.2) is 0 Å². The first-order valence-electron chi connectivity index (χ1n) is 7.84. The van der Waals surface area contributed by atoms with Crippen molar-refractivity contribution in [3.8, 4) is 0 Å². The van der Waals surface area contributed by atoms with Crippen LogP contribution in [-0.4, -0.2) is 29.8 Å². The molecule has 0 saturated carbocycles. The van der Waals surface area contributed by atoms with E-state index in [1.165, 1.54) is 6.42 Å². The maximum atomic E-state index is 11.8. The number of carbonyl (C=O) groups excluding carboxylic acids is 1. The first-order chi connectivity index (χ1) is 10.9. The van der Waals surface area contributed by atoms with Gasteiger partial charge < -0.3 is 13.6 Å². The minimum Gasteiger partial charge on any atom is -0.469 e. The molecule has 0 radical (unpaired) electrons. The van der Waals surface area contributed by atoms with Crippen LogP contribution in [0.15, 0.2) is 51.7 Å². The van der Waals surface area contributed by atoms with E-state index >= 15 is 0 Å². The van der Waals surface area contributed by atoms with Crippen molar-refractivity contribution in [1.82, 2.24) is 4.90 Å². The third-order valence-corrected chi connectivity index (χ3v) is 4.98. The van der Waals surface area contributed by atoms with Gasteiger partial charge in [-0.15, -0.1) is 0 Å². The lowest BCUT2D eigenvalue weighted by molar-refractivity contribution is -0.111. The first-order valence-corrected chi connectivity index (χ1v) is 7.84. The summed E-state index contributed by atoms with van der Waals surface area (Å²) in [5.74, 6) is 1.84. The second-order valence-corrected chi connectivity index (χ2v) is 6.07. The van der Waals surface area contributed by atoms with Crippen molar-refractivity contribution in [2.75, 3.05) is 6.54 Å². The molecule has 2 aromatic heterocycles. The Kier molecular flexibility index (Phi) is 3.47. The van der Waals surface area contributed by atoms with Gasteiger partial charge in [0.25, 0.3) is 0 Å². The summed E-state index contributed by atoms with van der Waals surface area (Å²) in [6, 6.07) is 8.21. The number of fused-ring (bicyclic) bond motifs is 1. The molecule has 0 N–H and O–H groups in total. The summed E-state index contributed by atoms with van der Waals surface area (Å²) in [4.78, 5) is 14.2. The number of rotatable bonds is 4. The van der Waals surface area contributed by atoms with Crippen LogP contribution in [0.5, 0.6) is 0 Å². The smallest absolute Gasteiger partial charge is 0.126 e. The number of carbonyl (C=O) groups is 1. The van der Waals surface area contributed by atoms with Gasteiger partial charge in [0.2, 0.25) is 0 Å². The van der Waals surface area contributed by atoms with Crippen LogP contribution >= 0.6 is 0 Å². The molecule has 4 rings (SSSR count). The van der Waals surface area contributed by atoms with Crippen molar-refractivity contribution in [3.63, 3.8) is 0 Å². The summed E-state index contributed by atoms with van der Waals surface area (Å²) < 4.78 is 11.0. The number of hydrogen-bond donors (Lipinski definition) is 0. The molecule has 2 aromatic rings. The van der Waals surface area contributed by atoms with Gasteiger partial charge in [-0.05, 0) is 49.7 Å². The highest BCUT2D eigenvalue weighted by Gasteiger charge is 2.51. The van der Waals surface area contributed by atoms with Gasteiger partial charge in [-0.1, -0.05) is 6.08 Å². The van der Waals surface area contributed by atoms with Crippen LogP contribution in [0.1, 0.15) is 30.3 Å². The summed E-state index contributed by atoms with van der Waals surface area (Å²) in [5.41, 5.74) is 0. The molecule has 4 atom stereocenters. The third kappa shape index (κ3) is 2.15. The number of nitrogens with zero attached hydrogens (tertiary/aromatic N) is 1. The minimum atomic E-state index is -0.0670. The lowest BCUT2D eigenvalue weighted by Gasteiger charge is -2.21. The zero-order chi connectivity index (χ0) is 14.9. The number of furan rings is 2. The van der Waals surface area contributed by atoms with Crippen molar-refractivity contribution in [1.29, 1.82) is 0 Å². The predicted octanol–water partition coefficient (Wildman–Crippen LogP) is 3.33. The van der Waals surface area contributed by atoms with E-state index in [0.717, 1.165) is 30.8 Å². The van der Waals surface area contributed by atoms with E-state index in [1.807, 2.05) is 30.3 Å². The predicted molar refractivity (Wildman–Crippen MR) is 82.3 cm³/mol. The highest BCUT2D eigenvalue weighted by molar-refractivity contribution is 5.61. The molecule has 4 heterocycles. The Bertz CT molecular complexity index is 644. The highest BCUT2D eigenvalue weighted by atomic mass is 16.3. The zero-order valence-corrected chi connectivity index (χ0v) is 12.3. The Morgan fingerprint density at radius 1 is 1.18 bits per heavy atom. The minimum absolute atomic E-state index is 0.0670. The van der Waals surface area contributed by atoms with E-state index < -0.39 is 0 Å². The van der Waals surface area contributed by atoms with Crippen LogP contribution < -0.4 is 0 Å². The number of aldehydes is 1. The molecule has 0 bridgehead atoms. The van der Waals surface area contributed by atoms with Gasteiger partial charge in [-0.2, -0.15) is 0 Å². The lowest BCUT2D eigenvalue weighted by atomic mass is 9.84. The maximum Gasteiger partial charge on any atom is 0.126 e. The van der Waals surface area contributed by atoms with E-state index in [1.54, 1.807) is 12.5 Å². The molecule has 0 spiro atoms. The van der Waals surface area contributed by atoms with Crippen molar-refractivity contribution >= 4 is 12.4 Å². The molecule has 0 aliphatic carbocycles. The van der Waals surface area contributed by atoms with E-state index in [9.17, 15) is 4.79 Å². The van der Waals surface area contributed by atoms with E-state index in [4.69, 9.17) is 8.83 Å². The summed E-state index contributed by atoms with van der Waals surface area (Å²) in [5, 5.41) is 0. The zero-order valence-electron chi connectivity index (χ0n) is 12.3.